The van der Waals surface area contributed by atoms with Crippen LogP contribution in [0.5, 0.6) is 11.5 Å². The second kappa shape index (κ2) is 4.60. The third-order valence-electron chi connectivity index (χ3n) is 2.33. The van der Waals surface area contributed by atoms with E-state index in [2.05, 4.69) is 4.74 Å². The Bertz CT molecular complexity index is 433. The number of nitrogens with two attached hydrogens (primary N) is 1. The van der Waals surface area contributed by atoms with Gasteiger partial charge in [0.05, 0.1) is 7.11 Å². The molecule has 1 rings (SSSR count). The summed E-state index contributed by atoms with van der Waals surface area (Å²) in [5.41, 5.74) is 4.43. The summed E-state index contributed by atoms with van der Waals surface area (Å²) in [7, 11) is 1.13. The fourth-order valence-electron chi connectivity index (χ4n) is 1.27. The summed E-state index contributed by atoms with van der Waals surface area (Å²) < 4.78 is 66.9. The van der Waals surface area contributed by atoms with Gasteiger partial charge in [0, 0.05) is 0 Å². The van der Waals surface area contributed by atoms with Crippen LogP contribution in [0.4, 0.5) is 22.0 Å². The Balaban J connectivity index is 3.15. The molecule has 1 aromatic rings. The van der Waals surface area contributed by atoms with E-state index in [1.54, 1.807) is 0 Å². The first-order valence-corrected chi connectivity index (χ1v) is 4.68. The smallest absolute Gasteiger partial charge is 0.455 e. The van der Waals surface area contributed by atoms with Gasteiger partial charge in [0.2, 0.25) is 0 Å². The monoisotopic (exact) mass is 271 g/mol. The molecule has 8 heteroatoms. The molecule has 1 aromatic carbocycles. The van der Waals surface area contributed by atoms with Crippen molar-refractivity contribution in [1.29, 1.82) is 0 Å². The fraction of sp³-hybridized carbons (Fsp3) is 0.400. The second-order valence-electron chi connectivity index (χ2n) is 3.53. The molecule has 1 atom stereocenters. The zero-order valence-electron chi connectivity index (χ0n) is 9.13. The Hall–Kier alpha value is -1.57. The summed E-state index contributed by atoms with van der Waals surface area (Å²) in [5.74, 6) is -5.70. The number of methoxy groups -OCH3 is 1. The normalized spacial score (nSPS) is 14.4. The van der Waals surface area contributed by atoms with Crippen LogP contribution in [0, 0.1) is 0 Å². The van der Waals surface area contributed by atoms with E-state index in [1.165, 1.54) is 0 Å². The van der Waals surface area contributed by atoms with Crippen LogP contribution >= 0.6 is 0 Å². The van der Waals surface area contributed by atoms with Crippen LogP contribution in [0.15, 0.2) is 18.2 Å². The summed E-state index contributed by atoms with van der Waals surface area (Å²) in [4.78, 5) is 0. The minimum atomic E-state index is -5.75. The van der Waals surface area contributed by atoms with E-state index in [0.717, 1.165) is 25.3 Å². The van der Waals surface area contributed by atoms with E-state index >= 15 is 0 Å². The molecule has 0 bridgehead atoms. The fourth-order valence-corrected chi connectivity index (χ4v) is 1.27. The predicted molar refractivity (Wildman–Crippen MR) is 52.6 cm³/mol. The van der Waals surface area contributed by atoms with Crippen molar-refractivity contribution in [2.75, 3.05) is 7.11 Å². The number of phenols is 1. The van der Waals surface area contributed by atoms with Gasteiger partial charge < -0.3 is 15.6 Å². The van der Waals surface area contributed by atoms with Crippen molar-refractivity contribution < 1.29 is 31.8 Å². The van der Waals surface area contributed by atoms with Crippen molar-refractivity contribution in [2.45, 2.75) is 18.1 Å². The number of phenolic OH excluding ortho intramolecular Hbond substituents is 1. The third-order valence-corrected chi connectivity index (χ3v) is 2.33. The van der Waals surface area contributed by atoms with Crippen LogP contribution in [0.25, 0.3) is 0 Å². The molecule has 0 saturated carbocycles. The summed E-state index contributed by atoms with van der Waals surface area (Å²) in [6.07, 6.45) is -5.75. The van der Waals surface area contributed by atoms with E-state index in [4.69, 9.17) is 5.73 Å². The van der Waals surface area contributed by atoms with Crippen molar-refractivity contribution in [1.82, 2.24) is 0 Å². The van der Waals surface area contributed by atoms with Gasteiger partial charge in [0.15, 0.2) is 11.5 Å². The van der Waals surface area contributed by atoms with Gasteiger partial charge >= 0.3 is 12.1 Å². The molecule has 3 nitrogen and oxygen atoms in total. The van der Waals surface area contributed by atoms with E-state index in [9.17, 15) is 27.1 Å². The molecule has 0 saturated heterocycles. The molecule has 0 aliphatic carbocycles. The minimum absolute atomic E-state index is 0.235. The number of halogens is 5. The molecule has 0 fully saturated rings. The summed E-state index contributed by atoms with van der Waals surface area (Å²) in [6.45, 7) is 0. The second-order valence-corrected chi connectivity index (χ2v) is 3.53. The van der Waals surface area contributed by atoms with Crippen LogP contribution in [0.1, 0.15) is 11.6 Å². The lowest BCUT2D eigenvalue weighted by molar-refractivity contribution is -0.291. The zero-order valence-corrected chi connectivity index (χ0v) is 9.13. The Morgan fingerprint density at radius 3 is 2.22 bits per heavy atom. The van der Waals surface area contributed by atoms with Gasteiger partial charge in [0.25, 0.3) is 0 Å². The molecule has 18 heavy (non-hydrogen) atoms. The van der Waals surface area contributed by atoms with Crippen LogP contribution in [0.3, 0.4) is 0 Å². The van der Waals surface area contributed by atoms with Crippen molar-refractivity contribution in [2.24, 2.45) is 5.73 Å². The van der Waals surface area contributed by atoms with E-state index in [-0.39, 0.29) is 11.5 Å². The van der Waals surface area contributed by atoms with Crippen LogP contribution in [0.2, 0.25) is 0 Å². The zero-order chi connectivity index (χ0) is 14.1. The molecule has 3 N–H and O–H groups in total. The lowest BCUT2D eigenvalue weighted by atomic mass is 10.0. The summed E-state index contributed by atoms with van der Waals surface area (Å²) in [5, 5.41) is 9.20. The third kappa shape index (κ3) is 2.47. The molecule has 0 aliphatic heterocycles. The first kappa shape index (κ1) is 14.5. The Morgan fingerprint density at radius 2 is 1.78 bits per heavy atom. The topological polar surface area (TPSA) is 55.5 Å². The van der Waals surface area contributed by atoms with Gasteiger partial charge in [-0.05, 0) is 17.7 Å². The molecular formula is C10H10F5NO2. The SMILES string of the molecule is COc1cc([C@H](N)C(F)(F)C(F)(F)F)ccc1O. The van der Waals surface area contributed by atoms with Crippen molar-refractivity contribution in [3.05, 3.63) is 23.8 Å². The predicted octanol–water partition coefficient (Wildman–Crippen LogP) is 2.60. The maximum atomic E-state index is 13.0. The maximum Gasteiger partial charge on any atom is 0.455 e. The molecule has 0 aliphatic rings. The van der Waals surface area contributed by atoms with Crippen LogP contribution in [-0.4, -0.2) is 24.3 Å². The molecule has 0 radical (unpaired) electrons. The number of alkyl halides is 5. The molecule has 0 spiro atoms. The highest BCUT2D eigenvalue weighted by molar-refractivity contribution is 5.43. The van der Waals surface area contributed by atoms with Gasteiger partial charge in [-0.3, -0.25) is 0 Å². The number of hydrogen-bond acceptors (Lipinski definition) is 3. The van der Waals surface area contributed by atoms with Crippen molar-refractivity contribution in [3.63, 3.8) is 0 Å². The van der Waals surface area contributed by atoms with Gasteiger partial charge in [-0.15, -0.1) is 0 Å². The van der Waals surface area contributed by atoms with Gasteiger partial charge in [-0.1, -0.05) is 6.07 Å². The first-order valence-electron chi connectivity index (χ1n) is 4.68. The Kier molecular flexibility index (Phi) is 3.70. The van der Waals surface area contributed by atoms with E-state index < -0.39 is 23.7 Å². The lowest BCUT2D eigenvalue weighted by Gasteiger charge is -2.26. The average Bonchev–Trinajstić information content (AvgIpc) is 2.27. The number of hydrogen-bond donors (Lipinski definition) is 2. The highest BCUT2D eigenvalue weighted by Gasteiger charge is 2.61. The molecule has 0 amide bonds. The maximum absolute atomic E-state index is 13.0. The number of ether oxygens (including phenoxy) is 1. The van der Waals surface area contributed by atoms with Gasteiger partial charge in [-0.25, -0.2) is 0 Å². The quantitative estimate of drug-likeness (QED) is 0.831. The summed E-state index contributed by atoms with van der Waals surface area (Å²) >= 11 is 0. The highest BCUT2D eigenvalue weighted by Crippen LogP contribution is 2.44. The van der Waals surface area contributed by atoms with E-state index in [0.29, 0.717) is 0 Å². The molecule has 0 aromatic heterocycles. The van der Waals surface area contributed by atoms with Crippen molar-refractivity contribution in [3.8, 4) is 11.5 Å². The number of rotatable bonds is 3. The van der Waals surface area contributed by atoms with Crippen LogP contribution < -0.4 is 10.5 Å². The first-order chi connectivity index (χ1) is 8.11. The minimum Gasteiger partial charge on any atom is -0.504 e. The number of aromatic hydroxyl groups is 1. The standard InChI is InChI=1S/C10H10F5NO2/c1-18-7-4-5(2-3-6(7)17)8(16)9(11,12)10(13,14)15/h2-4,8,17H,16H2,1H3/t8-/m0/s1. The average molecular weight is 271 g/mol. The van der Waals surface area contributed by atoms with Crippen LogP contribution in [-0.2, 0) is 0 Å². The van der Waals surface area contributed by atoms with Gasteiger partial charge in [0.1, 0.15) is 6.04 Å². The summed E-state index contributed by atoms with van der Waals surface area (Å²) in [6, 6.07) is 0.0643. The van der Waals surface area contributed by atoms with Crippen molar-refractivity contribution >= 4 is 0 Å². The molecule has 102 valence electrons. The van der Waals surface area contributed by atoms with E-state index in [1.807, 2.05) is 0 Å². The highest BCUT2D eigenvalue weighted by atomic mass is 19.4. The number of benzene rings is 1. The Labute approximate surface area is 99.0 Å². The molecule has 0 heterocycles. The Morgan fingerprint density at radius 1 is 1.22 bits per heavy atom. The molecule has 0 unspecified atom stereocenters. The lowest BCUT2D eigenvalue weighted by Crippen LogP contribution is -2.45. The largest absolute Gasteiger partial charge is 0.504 e. The molecular weight excluding hydrogens is 261 g/mol. The van der Waals surface area contributed by atoms with Gasteiger partial charge in [-0.2, -0.15) is 22.0 Å².